The maximum atomic E-state index is 12.3. The van der Waals surface area contributed by atoms with Crippen LogP contribution in [0.4, 0.5) is 0 Å². The topological polar surface area (TPSA) is 58.1 Å². The number of halogens is 1. The zero-order valence-electron chi connectivity index (χ0n) is 12.7. The van der Waals surface area contributed by atoms with Crippen LogP contribution in [-0.2, 0) is 13.0 Å². The Morgan fingerprint density at radius 3 is 2.55 bits per heavy atom. The number of hydrogen-bond donors (Lipinski definition) is 1. The Bertz CT molecular complexity index is 550. The fourth-order valence-electron chi connectivity index (χ4n) is 2.05. The Morgan fingerprint density at radius 1 is 1.35 bits per heavy atom. The summed E-state index contributed by atoms with van der Waals surface area (Å²) < 4.78 is 1.25. The number of nitrogens with zero attached hydrogens (tertiary/aromatic N) is 2. The predicted molar refractivity (Wildman–Crippen MR) is 82.7 cm³/mol. The van der Waals surface area contributed by atoms with Crippen molar-refractivity contribution in [2.24, 2.45) is 0 Å². The molecule has 1 unspecified atom stereocenters. The molecule has 20 heavy (non-hydrogen) atoms. The molecule has 6 heteroatoms. The predicted octanol–water partition coefficient (Wildman–Crippen LogP) is 1.87. The van der Waals surface area contributed by atoms with E-state index in [0.29, 0.717) is 31.1 Å². The molecule has 0 aliphatic rings. The number of nitrogens with one attached hydrogen (secondary N) is 1. The molecule has 0 radical (unpaired) electrons. The van der Waals surface area contributed by atoms with Gasteiger partial charge in [0.15, 0.2) is 0 Å². The summed E-state index contributed by atoms with van der Waals surface area (Å²) in [5.41, 5.74) is -0.199. The molecule has 0 saturated heterocycles. The van der Waals surface area contributed by atoms with Crippen molar-refractivity contribution in [3.05, 3.63) is 31.6 Å². The van der Waals surface area contributed by atoms with Gasteiger partial charge in [-0.3, -0.25) is 14.3 Å². The summed E-state index contributed by atoms with van der Waals surface area (Å²) >= 11 is 5.94. The van der Waals surface area contributed by atoms with Gasteiger partial charge in [-0.2, -0.15) is 0 Å². The number of rotatable bonds is 7. The second-order valence-corrected chi connectivity index (χ2v) is 5.55. The lowest BCUT2D eigenvalue weighted by Gasteiger charge is -2.23. The zero-order valence-corrected chi connectivity index (χ0v) is 13.5. The highest BCUT2D eigenvalue weighted by atomic mass is 35.5. The van der Waals surface area contributed by atoms with Gasteiger partial charge < -0.3 is 4.90 Å². The molecular weight excluding hydrogens is 278 g/mol. The summed E-state index contributed by atoms with van der Waals surface area (Å²) in [5.74, 6) is 0. The number of aromatic amines is 1. The fourth-order valence-corrected chi connectivity index (χ4v) is 2.30. The highest BCUT2D eigenvalue weighted by Crippen LogP contribution is 2.08. The smallest absolute Gasteiger partial charge is 0.302 e. The van der Waals surface area contributed by atoms with Crippen LogP contribution >= 0.6 is 11.6 Å². The van der Waals surface area contributed by atoms with Crippen LogP contribution in [0.2, 0.25) is 5.15 Å². The monoisotopic (exact) mass is 301 g/mol. The lowest BCUT2D eigenvalue weighted by Crippen LogP contribution is -2.41. The Morgan fingerprint density at radius 2 is 2.00 bits per heavy atom. The van der Waals surface area contributed by atoms with Crippen LogP contribution in [0.15, 0.2) is 9.59 Å². The van der Waals surface area contributed by atoms with E-state index >= 15 is 0 Å². The lowest BCUT2D eigenvalue weighted by molar-refractivity contribution is 0.240. The first-order chi connectivity index (χ1) is 9.42. The molecule has 0 aromatic carbocycles. The minimum atomic E-state index is -0.433. The van der Waals surface area contributed by atoms with E-state index in [1.54, 1.807) is 0 Å². The number of H-pyrrole nitrogens is 1. The minimum Gasteiger partial charge on any atom is -0.302 e. The summed E-state index contributed by atoms with van der Waals surface area (Å²) in [7, 11) is 2.00. The zero-order chi connectivity index (χ0) is 15.3. The van der Waals surface area contributed by atoms with Crippen LogP contribution in [0.1, 0.15) is 39.2 Å². The van der Waals surface area contributed by atoms with Crippen molar-refractivity contribution >= 4 is 11.6 Å². The molecule has 1 heterocycles. The summed E-state index contributed by atoms with van der Waals surface area (Å²) in [6, 6.07) is 0.423. The van der Waals surface area contributed by atoms with Crippen molar-refractivity contribution in [2.45, 2.75) is 52.6 Å². The van der Waals surface area contributed by atoms with Crippen LogP contribution in [0, 0.1) is 0 Å². The van der Waals surface area contributed by atoms with Gasteiger partial charge in [0.2, 0.25) is 0 Å². The van der Waals surface area contributed by atoms with Crippen molar-refractivity contribution in [3.63, 3.8) is 0 Å². The van der Waals surface area contributed by atoms with E-state index in [-0.39, 0.29) is 10.7 Å². The van der Waals surface area contributed by atoms with E-state index in [0.717, 1.165) is 12.8 Å². The maximum Gasteiger partial charge on any atom is 0.329 e. The van der Waals surface area contributed by atoms with Gasteiger partial charge >= 0.3 is 5.69 Å². The third-order valence-electron chi connectivity index (χ3n) is 3.75. The van der Waals surface area contributed by atoms with Crippen LogP contribution in [0.3, 0.4) is 0 Å². The van der Waals surface area contributed by atoms with Gasteiger partial charge in [-0.1, -0.05) is 31.9 Å². The second-order valence-electron chi connectivity index (χ2n) is 5.17. The molecule has 0 aliphatic heterocycles. The standard InChI is InChI=1S/C14H24ClN3O2/c1-5-7-11-12(15)16-14(20)18(13(11)19)9-8-17(4)10(3)6-2/h10H,5-9H2,1-4H3,(H,16,20). The van der Waals surface area contributed by atoms with Crippen molar-refractivity contribution in [1.29, 1.82) is 0 Å². The van der Waals surface area contributed by atoms with Gasteiger partial charge in [-0.15, -0.1) is 0 Å². The molecule has 0 spiro atoms. The van der Waals surface area contributed by atoms with Gasteiger partial charge in [-0.25, -0.2) is 4.79 Å². The molecule has 0 saturated carbocycles. The van der Waals surface area contributed by atoms with Crippen LogP contribution in [-0.4, -0.2) is 34.1 Å². The Hall–Kier alpha value is -1.07. The van der Waals surface area contributed by atoms with Crippen LogP contribution in [0.25, 0.3) is 0 Å². The maximum absolute atomic E-state index is 12.3. The first-order valence-electron chi connectivity index (χ1n) is 7.14. The molecule has 1 rings (SSSR count). The van der Waals surface area contributed by atoms with E-state index in [1.165, 1.54) is 4.57 Å². The molecule has 0 aliphatic carbocycles. The van der Waals surface area contributed by atoms with E-state index in [2.05, 4.69) is 23.7 Å². The molecule has 1 atom stereocenters. The quantitative estimate of drug-likeness (QED) is 0.782. The van der Waals surface area contributed by atoms with E-state index < -0.39 is 5.69 Å². The molecule has 1 N–H and O–H groups in total. The second kappa shape index (κ2) is 7.64. The molecule has 0 amide bonds. The third-order valence-corrected chi connectivity index (χ3v) is 4.07. The van der Waals surface area contributed by atoms with E-state index in [1.807, 2.05) is 14.0 Å². The average molecular weight is 302 g/mol. The summed E-state index contributed by atoms with van der Waals surface area (Å²) in [4.78, 5) is 28.9. The minimum absolute atomic E-state index is 0.174. The van der Waals surface area contributed by atoms with Crippen LogP contribution in [0.5, 0.6) is 0 Å². The van der Waals surface area contributed by atoms with Gasteiger partial charge in [0, 0.05) is 19.1 Å². The van der Waals surface area contributed by atoms with Crippen molar-refractivity contribution in [1.82, 2.24) is 14.5 Å². The van der Waals surface area contributed by atoms with Crippen LogP contribution < -0.4 is 11.2 Å². The summed E-state index contributed by atoms with van der Waals surface area (Å²) in [5, 5.41) is 0.174. The first kappa shape index (κ1) is 17.0. The molecule has 1 aromatic rings. The largest absolute Gasteiger partial charge is 0.329 e. The van der Waals surface area contributed by atoms with Crippen molar-refractivity contribution < 1.29 is 0 Å². The molecule has 1 aromatic heterocycles. The van der Waals surface area contributed by atoms with Gasteiger partial charge in [0.25, 0.3) is 5.56 Å². The van der Waals surface area contributed by atoms with Gasteiger partial charge in [0.05, 0.1) is 5.56 Å². The van der Waals surface area contributed by atoms with E-state index in [9.17, 15) is 9.59 Å². The van der Waals surface area contributed by atoms with Crippen molar-refractivity contribution in [2.75, 3.05) is 13.6 Å². The lowest BCUT2D eigenvalue weighted by atomic mass is 10.2. The van der Waals surface area contributed by atoms with Crippen molar-refractivity contribution in [3.8, 4) is 0 Å². The molecule has 114 valence electrons. The Kier molecular flexibility index (Phi) is 6.49. The number of aromatic nitrogens is 2. The highest BCUT2D eigenvalue weighted by molar-refractivity contribution is 6.30. The normalized spacial score (nSPS) is 12.9. The highest BCUT2D eigenvalue weighted by Gasteiger charge is 2.13. The first-order valence-corrected chi connectivity index (χ1v) is 7.51. The fraction of sp³-hybridized carbons (Fsp3) is 0.714. The molecular formula is C14H24ClN3O2. The summed E-state index contributed by atoms with van der Waals surface area (Å²) in [6.07, 6.45) is 2.42. The third kappa shape index (κ3) is 3.96. The van der Waals surface area contributed by atoms with E-state index in [4.69, 9.17) is 11.6 Å². The molecule has 0 bridgehead atoms. The Balaban J connectivity index is 2.98. The Labute approximate surface area is 124 Å². The van der Waals surface area contributed by atoms with Gasteiger partial charge in [-0.05, 0) is 26.8 Å². The SMILES string of the molecule is CCCc1c(Cl)[nH]c(=O)n(CCN(C)C(C)CC)c1=O. The molecule has 5 nitrogen and oxygen atoms in total. The van der Waals surface area contributed by atoms with Gasteiger partial charge in [0.1, 0.15) is 5.15 Å². The summed E-state index contributed by atoms with van der Waals surface area (Å²) in [6.45, 7) is 7.25. The average Bonchev–Trinajstić information content (AvgIpc) is 2.41. The molecule has 0 fully saturated rings. The number of likely N-dealkylation sites (N-methyl/N-ethyl adjacent to an activating group) is 1. The number of hydrogen-bond acceptors (Lipinski definition) is 3.